The molecular weight excluding hydrogens is 300 g/mol. The van der Waals surface area contributed by atoms with Gasteiger partial charge in [0.15, 0.2) is 0 Å². The Hall–Kier alpha value is 0.580. The summed E-state index contributed by atoms with van der Waals surface area (Å²) >= 11 is 4.22. The maximum atomic E-state index is 6.15. The number of ether oxygens (including phenoxy) is 1. The van der Waals surface area contributed by atoms with Gasteiger partial charge in [0.2, 0.25) is 0 Å². The molecule has 2 aliphatic heterocycles. The van der Waals surface area contributed by atoms with E-state index in [2.05, 4.69) is 28.9 Å². The molecule has 3 nitrogen and oxygen atoms in total. The Kier molecular flexibility index (Phi) is 6.19. The highest BCUT2D eigenvalue weighted by atomic mass is 32.2. The second-order valence-electron chi connectivity index (χ2n) is 6.95. The first kappa shape index (κ1) is 16.4. The molecule has 3 N–H and O–H groups in total. The molecule has 0 bridgehead atoms. The molecule has 0 aromatic heterocycles. The molecule has 3 fully saturated rings. The summed E-state index contributed by atoms with van der Waals surface area (Å²) < 4.78 is 6.15. The average Bonchev–Trinajstić information content (AvgIpc) is 2.97. The fourth-order valence-corrected chi connectivity index (χ4v) is 6.96. The average molecular weight is 331 g/mol. The zero-order valence-corrected chi connectivity index (χ0v) is 14.7. The number of nitrogens with one attached hydrogen (secondary N) is 1. The predicted molar refractivity (Wildman–Crippen MR) is 93.8 cm³/mol. The summed E-state index contributed by atoms with van der Waals surface area (Å²) in [7, 11) is 0. The predicted octanol–water partition coefficient (Wildman–Crippen LogP) is 3.19. The molecular formula is C16H30N2OS2. The van der Waals surface area contributed by atoms with Crippen molar-refractivity contribution >= 4 is 23.5 Å². The third kappa shape index (κ3) is 4.31. The molecule has 1 spiro atoms. The van der Waals surface area contributed by atoms with Gasteiger partial charge in [-0.1, -0.05) is 19.3 Å². The van der Waals surface area contributed by atoms with Gasteiger partial charge in [0.05, 0.1) is 5.60 Å². The van der Waals surface area contributed by atoms with Crippen LogP contribution in [0.25, 0.3) is 0 Å². The van der Waals surface area contributed by atoms with Crippen molar-refractivity contribution in [3.05, 3.63) is 0 Å². The van der Waals surface area contributed by atoms with Gasteiger partial charge in [0.25, 0.3) is 0 Å². The van der Waals surface area contributed by atoms with Crippen molar-refractivity contribution in [1.82, 2.24) is 5.43 Å². The number of hydrogen-bond donors (Lipinski definition) is 2. The van der Waals surface area contributed by atoms with E-state index in [9.17, 15) is 0 Å². The van der Waals surface area contributed by atoms with Crippen LogP contribution in [-0.4, -0.2) is 40.8 Å². The van der Waals surface area contributed by atoms with E-state index in [1.807, 2.05) is 0 Å². The van der Waals surface area contributed by atoms with Crippen molar-refractivity contribution in [2.24, 2.45) is 11.8 Å². The number of nitrogens with two attached hydrogens (primary N) is 1. The highest BCUT2D eigenvalue weighted by molar-refractivity contribution is 8.00. The van der Waals surface area contributed by atoms with Gasteiger partial charge in [-0.2, -0.15) is 23.5 Å². The maximum Gasteiger partial charge on any atom is 0.0783 e. The first-order chi connectivity index (χ1) is 10.3. The maximum absolute atomic E-state index is 6.15. The van der Waals surface area contributed by atoms with E-state index >= 15 is 0 Å². The molecule has 0 radical (unpaired) electrons. The van der Waals surface area contributed by atoms with Gasteiger partial charge in [-0.25, -0.2) is 0 Å². The zero-order chi connectivity index (χ0) is 14.5. The number of rotatable bonds is 5. The first-order valence-corrected chi connectivity index (χ1v) is 10.8. The molecule has 2 saturated heterocycles. The molecule has 0 amide bonds. The second kappa shape index (κ2) is 7.91. The van der Waals surface area contributed by atoms with Gasteiger partial charge < -0.3 is 4.74 Å². The summed E-state index contributed by atoms with van der Waals surface area (Å²) in [6.07, 6.45) is 10.7. The molecule has 1 aliphatic carbocycles. The fourth-order valence-electron chi connectivity index (χ4n) is 4.06. The molecule has 1 saturated carbocycles. The van der Waals surface area contributed by atoms with E-state index in [1.54, 1.807) is 0 Å². The Morgan fingerprint density at radius 1 is 1.29 bits per heavy atom. The molecule has 3 atom stereocenters. The molecule has 0 aromatic rings. The minimum Gasteiger partial charge on any atom is -0.374 e. The minimum absolute atomic E-state index is 0.179. The van der Waals surface area contributed by atoms with E-state index in [0.717, 1.165) is 11.9 Å². The third-order valence-electron chi connectivity index (χ3n) is 5.45. The van der Waals surface area contributed by atoms with Crippen LogP contribution in [0.5, 0.6) is 0 Å². The van der Waals surface area contributed by atoms with Crippen LogP contribution in [0.1, 0.15) is 51.4 Å². The summed E-state index contributed by atoms with van der Waals surface area (Å²) in [6.45, 7) is 0.928. The smallest absolute Gasteiger partial charge is 0.0783 e. The molecule has 5 heteroatoms. The molecule has 3 aliphatic rings. The lowest BCUT2D eigenvalue weighted by Gasteiger charge is -2.41. The van der Waals surface area contributed by atoms with Crippen LogP contribution in [0, 0.1) is 5.92 Å². The largest absolute Gasteiger partial charge is 0.374 e. The van der Waals surface area contributed by atoms with Gasteiger partial charge in [-0.05, 0) is 43.8 Å². The van der Waals surface area contributed by atoms with Crippen LogP contribution in [0.3, 0.4) is 0 Å². The van der Waals surface area contributed by atoms with Gasteiger partial charge in [0, 0.05) is 29.4 Å². The Morgan fingerprint density at radius 2 is 2.14 bits per heavy atom. The quantitative estimate of drug-likeness (QED) is 0.599. The van der Waals surface area contributed by atoms with Crippen molar-refractivity contribution in [2.45, 2.75) is 68.3 Å². The lowest BCUT2D eigenvalue weighted by atomic mass is 9.82. The second-order valence-corrected chi connectivity index (χ2v) is 9.39. The Labute approximate surface area is 137 Å². The van der Waals surface area contributed by atoms with Gasteiger partial charge >= 0.3 is 0 Å². The molecule has 2 heterocycles. The van der Waals surface area contributed by atoms with E-state index in [-0.39, 0.29) is 5.60 Å². The van der Waals surface area contributed by atoms with Crippen molar-refractivity contribution < 1.29 is 4.74 Å². The summed E-state index contributed by atoms with van der Waals surface area (Å²) in [4.78, 5) is 0. The number of hydrogen-bond acceptors (Lipinski definition) is 5. The van der Waals surface area contributed by atoms with Crippen molar-refractivity contribution in [3.63, 3.8) is 0 Å². The first-order valence-electron chi connectivity index (χ1n) is 8.61. The summed E-state index contributed by atoms with van der Waals surface area (Å²) in [6, 6.07) is 0.461. The highest BCUT2D eigenvalue weighted by Crippen LogP contribution is 2.42. The molecule has 122 valence electrons. The zero-order valence-electron chi connectivity index (χ0n) is 13.0. The third-order valence-corrected chi connectivity index (χ3v) is 8.16. The van der Waals surface area contributed by atoms with Crippen LogP contribution < -0.4 is 11.3 Å². The molecule has 3 rings (SSSR count). The highest BCUT2D eigenvalue weighted by Gasteiger charge is 2.42. The Balaban J connectivity index is 1.50. The van der Waals surface area contributed by atoms with E-state index < -0.39 is 0 Å². The van der Waals surface area contributed by atoms with E-state index in [0.29, 0.717) is 12.0 Å². The number of hydrazine groups is 1. The molecule has 0 aromatic carbocycles. The van der Waals surface area contributed by atoms with Crippen LogP contribution in [-0.2, 0) is 4.74 Å². The Morgan fingerprint density at radius 3 is 2.86 bits per heavy atom. The van der Waals surface area contributed by atoms with Crippen molar-refractivity contribution in [2.75, 3.05) is 23.9 Å². The summed E-state index contributed by atoms with van der Waals surface area (Å²) in [5.41, 5.74) is 3.31. The molecule has 3 unspecified atom stereocenters. The summed E-state index contributed by atoms with van der Waals surface area (Å²) in [5.74, 6) is 10.2. The lowest BCUT2D eigenvalue weighted by Crippen LogP contribution is -2.50. The SMILES string of the molecule is NNC(CSC1CCCCC1)C1CCOC2(CCSC2)C1. The fraction of sp³-hybridized carbons (Fsp3) is 1.00. The lowest BCUT2D eigenvalue weighted by molar-refractivity contribution is -0.0838. The topological polar surface area (TPSA) is 47.3 Å². The van der Waals surface area contributed by atoms with Crippen LogP contribution >= 0.6 is 23.5 Å². The normalized spacial score (nSPS) is 36.1. The van der Waals surface area contributed by atoms with Crippen LogP contribution in [0.15, 0.2) is 0 Å². The number of thioether (sulfide) groups is 2. The van der Waals surface area contributed by atoms with Gasteiger partial charge in [0.1, 0.15) is 0 Å². The van der Waals surface area contributed by atoms with E-state index in [4.69, 9.17) is 10.6 Å². The van der Waals surface area contributed by atoms with Gasteiger partial charge in [-0.15, -0.1) is 0 Å². The van der Waals surface area contributed by atoms with E-state index in [1.165, 1.54) is 68.6 Å². The Bertz CT molecular complexity index is 317. The van der Waals surface area contributed by atoms with Crippen molar-refractivity contribution in [3.8, 4) is 0 Å². The van der Waals surface area contributed by atoms with Crippen molar-refractivity contribution in [1.29, 1.82) is 0 Å². The standard InChI is InChI=1S/C16H30N2OS2/c17-18-15(11-21-14-4-2-1-3-5-14)13-6-8-19-16(10-13)7-9-20-12-16/h13-15,18H,1-12,17H2. The summed E-state index contributed by atoms with van der Waals surface area (Å²) in [5, 5.41) is 0.880. The molecule has 21 heavy (non-hydrogen) atoms. The van der Waals surface area contributed by atoms with Gasteiger partial charge in [-0.3, -0.25) is 11.3 Å². The minimum atomic E-state index is 0.179. The van der Waals surface area contributed by atoms with Crippen LogP contribution in [0.2, 0.25) is 0 Å². The van der Waals surface area contributed by atoms with Crippen LogP contribution in [0.4, 0.5) is 0 Å². The monoisotopic (exact) mass is 330 g/mol.